The Morgan fingerprint density at radius 3 is 2.76 bits per heavy atom. The number of benzene rings is 1. The number of pyridine rings is 1. The summed E-state index contributed by atoms with van der Waals surface area (Å²) in [5.74, 6) is 0.411. The van der Waals surface area contributed by atoms with Gasteiger partial charge in [-0.3, -0.25) is 4.79 Å². The second-order valence-electron chi connectivity index (χ2n) is 8.39. The van der Waals surface area contributed by atoms with E-state index >= 15 is 0 Å². The highest BCUT2D eigenvalue weighted by molar-refractivity contribution is 5.99. The Morgan fingerprint density at radius 2 is 2.06 bits per heavy atom. The number of nitrogens with two attached hydrogens (primary N) is 2. The molecule has 11 nitrogen and oxygen atoms in total. The number of aromatic nitrogens is 1. The average Bonchev–Trinajstić information content (AvgIpc) is 2.86. The first-order valence-electron chi connectivity index (χ1n) is 11.2. The van der Waals surface area contributed by atoms with Crippen LogP contribution in [0, 0.1) is 0 Å². The Morgan fingerprint density at radius 1 is 1.26 bits per heavy atom. The zero-order chi connectivity index (χ0) is 24.1. The Balaban J connectivity index is 1.35. The number of anilines is 4. The van der Waals surface area contributed by atoms with Crippen molar-refractivity contribution in [1.82, 2.24) is 15.6 Å². The minimum atomic E-state index is -0.220. The first-order valence-corrected chi connectivity index (χ1v) is 11.2. The zero-order valence-electron chi connectivity index (χ0n) is 18.7. The monoisotopic (exact) mass is 475 g/mol. The summed E-state index contributed by atoms with van der Waals surface area (Å²) >= 11 is 0. The highest BCUT2D eigenvalue weighted by Gasteiger charge is 2.26. The van der Waals surface area contributed by atoms with Gasteiger partial charge in [-0.25, -0.2) is 4.98 Å². The molecular weight excluding hydrogens is 445 g/mol. The SMILES string of the molecule is Nc1cc(ONF)ccc1C(=O)N1CCC(Nc2cc(N3CCOC(CO)C3)cnc2N)CC1. The zero-order valence-corrected chi connectivity index (χ0v) is 18.7. The molecule has 34 heavy (non-hydrogen) atoms. The van der Waals surface area contributed by atoms with Gasteiger partial charge in [-0.1, -0.05) is 4.48 Å². The molecule has 2 aliphatic rings. The predicted molar refractivity (Wildman–Crippen MR) is 126 cm³/mol. The van der Waals surface area contributed by atoms with Crippen molar-refractivity contribution in [2.24, 2.45) is 0 Å². The van der Waals surface area contributed by atoms with Crippen molar-refractivity contribution in [1.29, 1.82) is 0 Å². The van der Waals surface area contributed by atoms with Crippen LogP contribution in [-0.2, 0) is 4.74 Å². The predicted octanol–water partition coefficient (Wildman–Crippen LogP) is 0.928. The van der Waals surface area contributed by atoms with Crippen molar-refractivity contribution in [3.63, 3.8) is 0 Å². The molecule has 0 bridgehead atoms. The minimum Gasteiger partial charge on any atom is -0.398 e. The fraction of sp³-hybridized carbons (Fsp3) is 0.455. The lowest BCUT2D eigenvalue weighted by Gasteiger charge is -2.35. The third-order valence-corrected chi connectivity index (χ3v) is 6.16. The molecule has 0 spiro atoms. The average molecular weight is 476 g/mol. The Hall–Kier alpha value is -3.35. The maximum absolute atomic E-state index is 12.9. The summed E-state index contributed by atoms with van der Waals surface area (Å²) in [6, 6.07) is 6.50. The van der Waals surface area contributed by atoms with Crippen LogP contribution in [0.25, 0.3) is 0 Å². The van der Waals surface area contributed by atoms with Crippen LogP contribution in [0.5, 0.6) is 5.75 Å². The summed E-state index contributed by atoms with van der Waals surface area (Å²) in [6.07, 6.45) is 2.97. The number of aliphatic hydroxyl groups is 1. The number of morpholine rings is 1. The van der Waals surface area contributed by atoms with E-state index in [4.69, 9.17) is 16.2 Å². The highest BCUT2D eigenvalue weighted by atomic mass is 19.2. The molecule has 2 fully saturated rings. The second kappa shape index (κ2) is 10.7. The fourth-order valence-corrected chi connectivity index (χ4v) is 4.28. The smallest absolute Gasteiger partial charge is 0.255 e. The molecular formula is C22H30FN7O4. The number of likely N-dealkylation sites (tertiary alicyclic amines) is 1. The molecule has 0 radical (unpaired) electrons. The lowest BCUT2D eigenvalue weighted by Crippen LogP contribution is -2.44. The number of rotatable bonds is 7. The number of nitrogen functional groups attached to an aromatic ring is 2. The third kappa shape index (κ3) is 5.41. The van der Waals surface area contributed by atoms with Gasteiger partial charge in [0.25, 0.3) is 5.91 Å². The number of carbonyl (C=O) groups excluding carboxylic acids is 1. The maximum atomic E-state index is 12.9. The van der Waals surface area contributed by atoms with E-state index in [1.165, 1.54) is 18.2 Å². The number of nitrogens with one attached hydrogen (secondary N) is 2. The molecule has 1 atom stereocenters. The van der Waals surface area contributed by atoms with Crippen LogP contribution in [-0.4, -0.2) is 72.4 Å². The van der Waals surface area contributed by atoms with E-state index in [0.29, 0.717) is 44.2 Å². The van der Waals surface area contributed by atoms with Crippen LogP contribution >= 0.6 is 0 Å². The fourth-order valence-electron chi connectivity index (χ4n) is 4.28. The number of carbonyl (C=O) groups is 1. The first-order chi connectivity index (χ1) is 16.5. The molecule has 0 aliphatic carbocycles. The van der Waals surface area contributed by atoms with Crippen molar-refractivity contribution < 1.29 is 24.0 Å². The van der Waals surface area contributed by atoms with E-state index in [2.05, 4.69) is 20.0 Å². The van der Waals surface area contributed by atoms with Gasteiger partial charge in [-0.2, -0.15) is 0 Å². The van der Waals surface area contributed by atoms with Crippen molar-refractivity contribution >= 4 is 28.8 Å². The van der Waals surface area contributed by atoms with Crippen LogP contribution in [0.3, 0.4) is 0 Å². The highest BCUT2D eigenvalue weighted by Crippen LogP contribution is 2.28. The van der Waals surface area contributed by atoms with E-state index in [1.54, 1.807) is 11.1 Å². The lowest BCUT2D eigenvalue weighted by molar-refractivity contribution is 0.00355. The molecule has 2 aliphatic heterocycles. The van der Waals surface area contributed by atoms with Gasteiger partial charge in [0.1, 0.15) is 5.82 Å². The number of ether oxygens (including phenoxy) is 1. The molecule has 12 heteroatoms. The van der Waals surface area contributed by atoms with Gasteiger partial charge in [0.2, 0.25) is 0 Å². The minimum absolute atomic E-state index is 0.0281. The molecule has 2 saturated heterocycles. The van der Waals surface area contributed by atoms with Crippen LogP contribution in [0.2, 0.25) is 0 Å². The number of hydrogen-bond donors (Lipinski definition) is 5. The summed E-state index contributed by atoms with van der Waals surface area (Å²) in [7, 11) is 0. The summed E-state index contributed by atoms with van der Waals surface area (Å²) in [4.78, 5) is 25.7. The quantitative estimate of drug-likeness (QED) is 0.222. The summed E-state index contributed by atoms with van der Waals surface area (Å²) < 4.78 is 17.6. The molecule has 7 N–H and O–H groups in total. The molecule has 1 aromatic carbocycles. The Kier molecular flexibility index (Phi) is 7.50. The van der Waals surface area contributed by atoms with Crippen LogP contribution < -0.4 is 32.2 Å². The summed E-state index contributed by atoms with van der Waals surface area (Å²) in [5, 5.41) is 12.9. The number of aliphatic hydroxyl groups excluding tert-OH is 1. The summed E-state index contributed by atoms with van der Waals surface area (Å²) in [6.45, 7) is 2.91. The van der Waals surface area contributed by atoms with Gasteiger partial charge >= 0.3 is 0 Å². The van der Waals surface area contributed by atoms with E-state index in [-0.39, 0.29) is 36.1 Å². The number of amides is 1. The van der Waals surface area contributed by atoms with Crippen molar-refractivity contribution in [2.45, 2.75) is 25.0 Å². The molecule has 3 heterocycles. The lowest BCUT2D eigenvalue weighted by atomic mass is 10.0. The molecule has 1 unspecified atom stereocenters. The van der Waals surface area contributed by atoms with Crippen LogP contribution in [0.15, 0.2) is 30.5 Å². The molecule has 1 amide bonds. The maximum Gasteiger partial charge on any atom is 0.255 e. The molecule has 0 saturated carbocycles. The van der Waals surface area contributed by atoms with Gasteiger partial charge in [0, 0.05) is 49.7 Å². The van der Waals surface area contributed by atoms with Crippen LogP contribution in [0.4, 0.5) is 27.4 Å². The van der Waals surface area contributed by atoms with E-state index in [9.17, 15) is 14.4 Å². The van der Waals surface area contributed by atoms with Gasteiger partial charge < -0.3 is 41.3 Å². The molecule has 184 valence electrons. The molecule has 1 aromatic heterocycles. The molecule has 2 aromatic rings. The largest absolute Gasteiger partial charge is 0.398 e. The van der Waals surface area contributed by atoms with Gasteiger partial charge in [-0.15, -0.1) is 0 Å². The van der Waals surface area contributed by atoms with Crippen molar-refractivity contribution in [3.05, 3.63) is 36.0 Å². The first kappa shape index (κ1) is 23.8. The second-order valence-corrected chi connectivity index (χ2v) is 8.39. The van der Waals surface area contributed by atoms with Gasteiger partial charge in [0.05, 0.1) is 42.5 Å². The van der Waals surface area contributed by atoms with E-state index in [1.807, 2.05) is 6.07 Å². The normalized spacial score (nSPS) is 19.2. The summed E-state index contributed by atoms with van der Waals surface area (Å²) in [5.41, 5.74) is 15.4. The molecule has 4 rings (SSSR count). The van der Waals surface area contributed by atoms with E-state index < -0.39 is 0 Å². The van der Waals surface area contributed by atoms with Crippen molar-refractivity contribution in [2.75, 3.05) is 61.1 Å². The number of halogens is 1. The Labute approximate surface area is 196 Å². The van der Waals surface area contributed by atoms with E-state index in [0.717, 1.165) is 29.9 Å². The number of piperidine rings is 1. The van der Waals surface area contributed by atoms with Gasteiger partial charge in [0.15, 0.2) is 5.75 Å². The van der Waals surface area contributed by atoms with Crippen molar-refractivity contribution in [3.8, 4) is 5.75 Å². The van der Waals surface area contributed by atoms with Gasteiger partial charge in [-0.05, 0) is 31.0 Å². The third-order valence-electron chi connectivity index (χ3n) is 6.16. The standard InChI is InChI=1S/C22H30FN7O4/c23-28-34-16-1-2-18(19(24)10-16)22(32)29-5-3-14(4-6-29)27-20-9-15(11-26-21(20)25)30-7-8-33-17(12-30)13-31/h1-2,9-11,14,17,27-28,31H,3-8,12-13,24H2,(H2,25,26). The number of hydrogen-bond acceptors (Lipinski definition) is 10. The van der Waals surface area contributed by atoms with Crippen LogP contribution in [0.1, 0.15) is 23.2 Å². The number of nitrogens with zero attached hydrogens (tertiary/aromatic N) is 3. The Bertz CT molecular complexity index is 1000. The topological polar surface area (TPSA) is 151 Å².